The maximum Gasteiger partial charge on any atom is 0.147 e. The van der Waals surface area contributed by atoms with Crippen LogP contribution >= 0.6 is 11.6 Å². The van der Waals surface area contributed by atoms with Crippen LogP contribution in [0.4, 0.5) is 0 Å². The van der Waals surface area contributed by atoms with E-state index in [2.05, 4.69) is 0 Å². The van der Waals surface area contributed by atoms with E-state index >= 15 is 0 Å². The second kappa shape index (κ2) is 5.52. The summed E-state index contributed by atoms with van der Waals surface area (Å²) in [5.41, 5.74) is 1.05. The molecule has 0 saturated carbocycles. The second-order valence-corrected chi connectivity index (χ2v) is 6.44. The standard InChI is InChI=1S/C11H15ClO2S/c1-15(13,14)9-5-8-11(12)10-6-3-2-4-7-10/h2-4,6-7,11H,5,8-9H2,1H3. The van der Waals surface area contributed by atoms with Gasteiger partial charge in [0.1, 0.15) is 9.84 Å². The SMILES string of the molecule is CS(=O)(=O)CCCC(Cl)c1ccccc1. The number of rotatable bonds is 5. The number of hydrogen-bond donors (Lipinski definition) is 0. The van der Waals surface area contributed by atoms with Crippen molar-refractivity contribution in [2.75, 3.05) is 12.0 Å². The Morgan fingerprint density at radius 1 is 1.27 bits per heavy atom. The van der Waals surface area contributed by atoms with E-state index in [4.69, 9.17) is 11.6 Å². The van der Waals surface area contributed by atoms with Crippen LogP contribution in [-0.2, 0) is 9.84 Å². The number of hydrogen-bond acceptors (Lipinski definition) is 2. The van der Waals surface area contributed by atoms with Gasteiger partial charge in [0, 0.05) is 12.0 Å². The molecule has 0 heterocycles. The van der Waals surface area contributed by atoms with Crippen LogP contribution in [0.3, 0.4) is 0 Å². The van der Waals surface area contributed by atoms with Crippen LogP contribution < -0.4 is 0 Å². The van der Waals surface area contributed by atoms with Gasteiger partial charge in [-0.05, 0) is 18.4 Å². The Hall–Kier alpha value is -0.540. The van der Waals surface area contributed by atoms with E-state index in [1.165, 1.54) is 6.26 Å². The third kappa shape index (κ3) is 5.19. The van der Waals surface area contributed by atoms with Gasteiger partial charge < -0.3 is 0 Å². The predicted molar refractivity (Wildman–Crippen MR) is 64.0 cm³/mol. The quantitative estimate of drug-likeness (QED) is 0.749. The molecule has 1 aromatic carbocycles. The van der Waals surface area contributed by atoms with Gasteiger partial charge >= 0.3 is 0 Å². The zero-order valence-electron chi connectivity index (χ0n) is 8.69. The first-order valence-electron chi connectivity index (χ1n) is 4.86. The Morgan fingerprint density at radius 3 is 2.40 bits per heavy atom. The molecular formula is C11H15ClO2S. The number of alkyl halides is 1. The molecule has 0 saturated heterocycles. The molecular weight excluding hydrogens is 232 g/mol. The first kappa shape index (κ1) is 12.5. The summed E-state index contributed by atoms with van der Waals surface area (Å²) in [6.45, 7) is 0. The molecule has 1 atom stereocenters. The van der Waals surface area contributed by atoms with Crippen molar-refractivity contribution in [1.29, 1.82) is 0 Å². The monoisotopic (exact) mass is 246 g/mol. The summed E-state index contributed by atoms with van der Waals surface area (Å²) in [5, 5.41) is -0.0899. The van der Waals surface area contributed by atoms with Crippen molar-refractivity contribution in [3.63, 3.8) is 0 Å². The fraction of sp³-hybridized carbons (Fsp3) is 0.455. The van der Waals surface area contributed by atoms with Gasteiger partial charge in [-0.1, -0.05) is 30.3 Å². The summed E-state index contributed by atoms with van der Waals surface area (Å²) in [7, 11) is -2.86. The lowest BCUT2D eigenvalue weighted by Gasteiger charge is -2.08. The van der Waals surface area contributed by atoms with Gasteiger partial charge in [0.2, 0.25) is 0 Å². The fourth-order valence-electron chi connectivity index (χ4n) is 1.35. The minimum Gasteiger partial charge on any atom is -0.229 e. The summed E-state index contributed by atoms with van der Waals surface area (Å²) >= 11 is 6.14. The number of sulfone groups is 1. The Bertz CT molecular complexity index is 386. The van der Waals surface area contributed by atoms with E-state index in [1.54, 1.807) is 0 Å². The lowest BCUT2D eigenvalue weighted by molar-refractivity contribution is 0.596. The summed E-state index contributed by atoms with van der Waals surface area (Å²) in [5.74, 6) is 0.211. The van der Waals surface area contributed by atoms with E-state index in [1.807, 2.05) is 30.3 Å². The Morgan fingerprint density at radius 2 is 1.87 bits per heavy atom. The minimum absolute atomic E-state index is 0.0899. The van der Waals surface area contributed by atoms with Gasteiger partial charge in [0.15, 0.2) is 0 Å². The summed E-state index contributed by atoms with van der Waals surface area (Å²) in [4.78, 5) is 0. The fourth-order valence-corrected chi connectivity index (χ4v) is 2.34. The number of halogens is 1. The van der Waals surface area contributed by atoms with Crippen LogP contribution in [0.1, 0.15) is 23.8 Å². The number of benzene rings is 1. The molecule has 0 aromatic heterocycles. The molecule has 0 spiro atoms. The van der Waals surface area contributed by atoms with Crippen molar-refractivity contribution in [3.05, 3.63) is 35.9 Å². The second-order valence-electron chi connectivity index (χ2n) is 3.65. The maximum absolute atomic E-state index is 10.9. The van der Waals surface area contributed by atoms with Crippen LogP contribution in [0.25, 0.3) is 0 Å². The highest BCUT2D eigenvalue weighted by Crippen LogP contribution is 2.25. The Labute approximate surface area is 96.2 Å². The highest BCUT2D eigenvalue weighted by atomic mass is 35.5. The van der Waals surface area contributed by atoms with Crippen molar-refractivity contribution >= 4 is 21.4 Å². The molecule has 0 bridgehead atoms. The third-order valence-electron chi connectivity index (χ3n) is 2.13. The van der Waals surface area contributed by atoms with Crippen molar-refractivity contribution in [2.45, 2.75) is 18.2 Å². The lowest BCUT2D eigenvalue weighted by Crippen LogP contribution is -2.03. The highest BCUT2D eigenvalue weighted by Gasteiger charge is 2.09. The van der Waals surface area contributed by atoms with Crippen LogP contribution in [0.2, 0.25) is 0 Å². The smallest absolute Gasteiger partial charge is 0.147 e. The molecule has 1 rings (SSSR count). The molecule has 0 fully saturated rings. The molecule has 84 valence electrons. The first-order chi connectivity index (χ1) is 6.99. The Kier molecular flexibility index (Phi) is 4.61. The molecule has 0 aliphatic rings. The van der Waals surface area contributed by atoms with Gasteiger partial charge in [-0.25, -0.2) is 8.42 Å². The summed E-state index contributed by atoms with van der Waals surface area (Å²) in [6, 6.07) is 9.71. The zero-order chi connectivity index (χ0) is 11.3. The van der Waals surface area contributed by atoms with Crippen molar-refractivity contribution in [3.8, 4) is 0 Å². The van der Waals surface area contributed by atoms with Crippen molar-refractivity contribution in [2.24, 2.45) is 0 Å². The molecule has 1 aromatic rings. The van der Waals surface area contributed by atoms with Crippen LogP contribution in [0.15, 0.2) is 30.3 Å². The predicted octanol–water partition coefficient (Wildman–Crippen LogP) is 2.79. The highest BCUT2D eigenvalue weighted by molar-refractivity contribution is 7.90. The lowest BCUT2D eigenvalue weighted by atomic mass is 10.1. The minimum atomic E-state index is -2.86. The average molecular weight is 247 g/mol. The summed E-state index contributed by atoms with van der Waals surface area (Å²) < 4.78 is 21.8. The van der Waals surface area contributed by atoms with Crippen LogP contribution in [0, 0.1) is 0 Å². The van der Waals surface area contributed by atoms with E-state index in [-0.39, 0.29) is 11.1 Å². The van der Waals surface area contributed by atoms with Crippen molar-refractivity contribution in [1.82, 2.24) is 0 Å². The van der Waals surface area contributed by atoms with E-state index < -0.39 is 9.84 Å². The van der Waals surface area contributed by atoms with Gasteiger partial charge in [0.05, 0.1) is 5.38 Å². The van der Waals surface area contributed by atoms with E-state index in [0.717, 1.165) is 5.56 Å². The maximum atomic E-state index is 10.9. The first-order valence-corrected chi connectivity index (χ1v) is 7.35. The molecule has 0 aliphatic carbocycles. The molecule has 15 heavy (non-hydrogen) atoms. The molecule has 1 unspecified atom stereocenters. The van der Waals surface area contributed by atoms with Gasteiger partial charge in [-0.2, -0.15) is 0 Å². The van der Waals surface area contributed by atoms with Crippen LogP contribution in [0.5, 0.6) is 0 Å². The largest absolute Gasteiger partial charge is 0.229 e. The topological polar surface area (TPSA) is 34.1 Å². The molecule has 0 amide bonds. The average Bonchev–Trinajstić information content (AvgIpc) is 2.17. The Balaban J connectivity index is 2.41. The van der Waals surface area contributed by atoms with E-state index in [0.29, 0.717) is 12.8 Å². The normalized spacial score (nSPS) is 13.7. The molecule has 0 radical (unpaired) electrons. The molecule has 4 heteroatoms. The van der Waals surface area contributed by atoms with Gasteiger partial charge in [-0.3, -0.25) is 0 Å². The van der Waals surface area contributed by atoms with E-state index in [9.17, 15) is 8.42 Å². The summed E-state index contributed by atoms with van der Waals surface area (Å²) in [6.07, 6.45) is 2.55. The third-order valence-corrected chi connectivity index (χ3v) is 3.63. The molecule has 0 aliphatic heterocycles. The van der Waals surface area contributed by atoms with Crippen LogP contribution in [-0.4, -0.2) is 20.4 Å². The van der Waals surface area contributed by atoms with Gasteiger partial charge in [0.25, 0.3) is 0 Å². The van der Waals surface area contributed by atoms with Crippen molar-refractivity contribution < 1.29 is 8.42 Å². The molecule has 0 N–H and O–H groups in total. The zero-order valence-corrected chi connectivity index (χ0v) is 10.3. The molecule has 2 nitrogen and oxygen atoms in total. The van der Waals surface area contributed by atoms with Gasteiger partial charge in [-0.15, -0.1) is 11.6 Å².